The third-order valence-electron chi connectivity index (χ3n) is 3.15. The number of rotatable bonds is 5. The lowest BCUT2D eigenvalue weighted by atomic mass is 10.1. The molecular formula is C15H18BrN3O. The highest BCUT2D eigenvalue weighted by Gasteiger charge is 2.08. The topological polar surface area (TPSA) is 46.9 Å². The summed E-state index contributed by atoms with van der Waals surface area (Å²) in [5.74, 6) is -0.0206. The van der Waals surface area contributed by atoms with Gasteiger partial charge in [0.2, 0.25) is 0 Å². The molecule has 0 aliphatic rings. The second-order valence-corrected chi connectivity index (χ2v) is 5.75. The van der Waals surface area contributed by atoms with Crippen LogP contribution in [-0.2, 0) is 6.54 Å². The monoisotopic (exact) mass is 335 g/mol. The van der Waals surface area contributed by atoms with Crippen LogP contribution in [0.1, 0.15) is 36.2 Å². The van der Waals surface area contributed by atoms with Crippen LogP contribution in [0.4, 0.5) is 0 Å². The Kier molecular flexibility index (Phi) is 4.95. The Morgan fingerprint density at radius 1 is 1.40 bits per heavy atom. The standard InChI is InChI=1S/C15H18BrN3O/c1-3-11(2)18-15(20)13-6-4-12(5-7-13)9-19-10-14(16)8-17-19/h4-8,10-11H,3,9H2,1-2H3,(H,18,20). The summed E-state index contributed by atoms with van der Waals surface area (Å²) in [6.07, 6.45) is 4.61. The minimum atomic E-state index is -0.0206. The van der Waals surface area contributed by atoms with Crippen molar-refractivity contribution in [2.45, 2.75) is 32.9 Å². The molecule has 1 unspecified atom stereocenters. The normalized spacial score (nSPS) is 12.2. The number of aromatic nitrogens is 2. The number of halogens is 1. The minimum Gasteiger partial charge on any atom is -0.350 e. The molecule has 2 rings (SSSR count). The molecule has 0 fully saturated rings. The molecule has 1 amide bonds. The summed E-state index contributed by atoms with van der Waals surface area (Å²) in [6, 6.07) is 7.82. The Hall–Kier alpha value is -1.62. The van der Waals surface area contributed by atoms with E-state index in [4.69, 9.17) is 0 Å². The van der Waals surface area contributed by atoms with Crippen LogP contribution in [0.25, 0.3) is 0 Å². The third kappa shape index (κ3) is 3.93. The van der Waals surface area contributed by atoms with E-state index in [1.165, 1.54) is 0 Å². The first-order chi connectivity index (χ1) is 9.58. The van der Waals surface area contributed by atoms with Crippen LogP contribution in [0.2, 0.25) is 0 Å². The van der Waals surface area contributed by atoms with Crippen molar-refractivity contribution in [3.05, 3.63) is 52.3 Å². The Balaban J connectivity index is 2.00. The molecule has 5 heteroatoms. The number of hydrogen-bond donors (Lipinski definition) is 1. The van der Waals surface area contributed by atoms with Gasteiger partial charge in [-0.25, -0.2) is 0 Å². The second kappa shape index (κ2) is 6.70. The molecule has 0 saturated carbocycles. The van der Waals surface area contributed by atoms with Crippen LogP contribution < -0.4 is 5.32 Å². The predicted octanol–water partition coefficient (Wildman–Crippen LogP) is 3.22. The van der Waals surface area contributed by atoms with Gasteiger partial charge in [0.05, 0.1) is 17.2 Å². The molecule has 0 aliphatic heterocycles. The lowest BCUT2D eigenvalue weighted by molar-refractivity contribution is 0.0939. The maximum atomic E-state index is 12.0. The van der Waals surface area contributed by atoms with E-state index in [0.717, 1.165) is 16.5 Å². The van der Waals surface area contributed by atoms with Crippen LogP contribution in [-0.4, -0.2) is 21.7 Å². The summed E-state index contributed by atoms with van der Waals surface area (Å²) in [4.78, 5) is 12.0. The first kappa shape index (κ1) is 14.8. The largest absolute Gasteiger partial charge is 0.350 e. The third-order valence-corrected chi connectivity index (χ3v) is 3.56. The molecule has 1 atom stereocenters. The van der Waals surface area contributed by atoms with Crippen molar-refractivity contribution in [3.8, 4) is 0 Å². The molecule has 0 spiro atoms. The molecule has 1 aromatic heterocycles. The zero-order valence-electron chi connectivity index (χ0n) is 11.6. The van der Waals surface area contributed by atoms with Crippen molar-refractivity contribution in [2.75, 3.05) is 0 Å². The van der Waals surface area contributed by atoms with Gasteiger partial charge in [-0.05, 0) is 47.0 Å². The summed E-state index contributed by atoms with van der Waals surface area (Å²) in [5, 5.41) is 7.17. The summed E-state index contributed by atoms with van der Waals surface area (Å²) in [5.41, 5.74) is 1.80. The maximum Gasteiger partial charge on any atom is 0.251 e. The van der Waals surface area contributed by atoms with E-state index in [9.17, 15) is 4.79 Å². The van der Waals surface area contributed by atoms with Gasteiger partial charge in [-0.2, -0.15) is 5.10 Å². The van der Waals surface area contributed by atoms with E-state index in [0.29, 0.717) is 12.1 Å². The van der Waals surface area contributed by atoms with E-state index in [1.54, 1.807) is 6.20 Å². The molecule has 106 valence electrons. The summed E-state index contributed by atoms with van der Waals surface area (Å²) >= 11 is 3.37. The lowest BCUT2D eigenvalue weighted by Crippen LogP contribution is -2.31. The Labute approximate surface area is 127 Å². The van der Waals surface area contributed by atoms with E-state index in [2.05, 4.69) is 33.3 Å². The highest BCUT2D eigenvalue weighted by molar-refractivity contribution is 9.10. The van der Waals surface area contributed by atoms with Gasteiger partial charge in [0, 0.05) is 17.8 Å². The molecule has 0 radical (unpaired) electrons. The first-order valence-corrected chi connectivity index (χ1v) is 7.45. The zero-order chi connectivity index (χ0) is 14.5. The van der Waals surface area contributed by atoms with Crippen LogP contribution in [0.5, 0.6) is 0 Å². The molecule has 0 aliphatic carbocycles. The molecule has 4 nitrogen and oxygen atoms in total. The number of carbonyl (C=O) groups is 1. The number of amides is 1. The highest BCUT2D eigenvalue weighted by atomic mass is 79.9. The number of carbonyl (C=O) groups excluding carboxylic acids is 1. The molecule has 1 N–H and O–H groups in total. The van der Waals surface area contributed by atoms with Crippen molar-refractivity contribution in [1.82, 2.24) is 15.1 Å². The van der Waals surface area contributed by atoms with Gasteiger partial charge < -0.3 is 5.32 Å². The van der Waals surface area contributed by atoms with Crippen LogP contribution in [0.3, 0.4) is 0 Å². The van der Waals surface area contributed by atoms with E-state index >= 15 is 0 Å². The van der Waals surface area contributed by atoms with Gasteiger partial charge in [-0.1, -0.05) is 19.1 Å². The number of hydrogen-bond acceptors (Lipinski definition) is 2. The smallest absolute Gasteiger partial charge is 0.251 e. The van der Waals surface area contributed by atoms with Gasteiger partial charge in [-0.3, -0.25) is 9.48 Å². The molecule has 20 heavy (non-hydrogen) atoms. The van der Waals surface area contributed by atoms with Crippen LogP contribution in [0.15, 0.2) is 41.1 Å². The summed E-state index contributed by atoms with van der Waals surface area (Å²) in [6.45, 7) is 4.75. The molecule has 2 aromatic rings. The number of nitrogens with zero attached hydrogens (tertiary/aromatic N) is 2. The van der Waals surface area contributed by atoms with Gasteiger partial charge >= 0.3 is 0 Å². The first-order valence-electron chi connectivity index (χ1n) is 6.66. The Bertz CT molecular complexity index is 577. The number of benzene rings is 1. The SMILES string of the molecule is CCC(C)NC(=O)c1ccc(Cn2cc(Br)cn2)cc1. The van der Waals surface area contributed by atoms with Crippen molar-refractivity contribution in [2.24, 2.45) is 0 Å². The number of nitrogens with one attached hydrogen (secondary N) is 1. The fourth-order valence-corrected chi connectivity index (χ4v) is 2.11. The second-order valence-electron chi connectivity index (χ2n) is 4.84. The summed E-state index contributed by atoms with van der Waals surface area (Å²) < 4.78 is 2.81. The van der Waals surface area contributed by atoms with E-state index in [-0.39, 0.29) is 11.9 Å². The Morgan fingerprint density at radius 2 is 2.10 bits per heavy atom. The molecule has 1 aromatic carbocycles. The van der Waals surface area contributed by atoms with Crippen molar-refractivity contribution in [1.29, 1.82) is 0 Å². The Morgan fingerprint density at radius 3 is 2.65 bits per heavy atom. The molecule has 1 heterocycles. The van der Waals surface area contributed by atoms with Gasteiger partial charge in [0.25, 0.3) is 5.91 Å². The quantitative estimate of drug-likeness (QED) is 0.911. The lowest BCUT2D eigenvalue weighted by Gasteiger charge is -2.11. The van der Waals surface area contributed by atoms with Gasteiger partial charge in [-0.15, -0.1) is 0 Å². The zero-order valence-corrected chi connectivity index (χ0v) is 13.2. The van der Waals surface area contributed by atoms with Crippen molar-refractivity contribution >= 4 is 21.8 Å². The van der Waals surface area contributed by atoms with E-state index < -0.39 is 0 Å². The van der Waals surface area contributed by atoms with Crippen LogP contribution in [0, 0.1) is 0 Å². The van der Waals surface area contributed by atoms with E-state index in [1.807, 2.05) is 42.1 Å². The average molecular weight is 336 g/mol. The molecule has 0 bridgehead atoms. The summed E-state index contributed by atoms with van der Waals surface area (Å²) in [7, 11) is 0. The van der Waals surface area contributed by atoms with Crippen LogP contribution >= 0.6 is 15.9 Å². The van der Waals surface area contributed by atoms with Crippen molar-refractivity contribution in [3.63, 3.8) is 0 Å². The fourth-order valence-electron chi connectivity index (χ4n) is 1.78. The maximum absolute atomic E-state index is 12.0. The minimum absolute atomic E-state index is 0.0206. The van der Waals surface area contributed by atoms with Gasteiger partial charge in [0.1, 0.15) is 0 Å². The van der Waals surface area contributed by atoms with Gasteiger partial charge in [0.15, 0.2) is 0 Å². The highest BCUT2D eigenvalue weighted by Crippen LogP contribution is 2.10. The van der Waals surface area contributed by atoms with Crippen molar-refractivity contribution < 1.29 is 4.79 Å². The average Bonchev–Trinajstić information content (AvgIpc) is 2.84. The molecule has 0 saturated heterocycles. The predicted molar refractivity (Wildman–Crippen MR) is 82.7 cm³/mol. The fraction of sp³-hybridized carbons (Fsp3) is 0.333. The molecular weight excluding hydrogens is 318 g/mol.